The zero-order valence-corrected chi connectivity index (χ0v) is 42.4. The Morgan fingerprint density at radius 1 is 0.243 bits per heavy atom. The summed E-state index contributed by atoms with van der Waals surface area (Å²) in [6.07, 6.45) is 0. The highest BCUT2D eigenvalue weighted by Crippen LogP contribution is 2.44. The summed E-state index contributed by atoms with van der Waals surface area (Å²) in [5, 5.41) is 0. The molecule has 0 aliphatic heterocycles. The maximum absolute atomic E-state index is 5.35. The van der Waals surface area contributed by atoms with Gasteiger partial charge in [-0.05, 0) is 116 Å². The van der Waals surface area contributed by atoms with Gasteiger partial charge in [-0.25, -0.2) is 14.9 Å². The van der Waals surface area contributed by atoms with Crippen molar-refractivity contribution in [2.24, 2.45) is 0 Å². The first-order valence-electron chi connectivity index (χ1n) is 24.9. The van der Waals surface area contributed by atoms with Crippen LogP contribution in [0.5, 0.6) is 0 Å². The van der Waals surface area contributed by atoms with Gasteiger partial charge in [-0.3, -0.25) is 0 Å². The minimum Gasteiger partial charge on any atom is -0.309 e. The van der Waals surface area contributed by atoms with Crippen LogP contribution in [-0.2, 0) is 0 Å². The molecule has 0 spiro atoms. The van der Waals surface area contributed by atoms with Crippen LogP contribution in [0.4, 0.5) is 34.6 Å². The van der Waals surface area contributed by atoms with Crippen LogP contribution < -0.4 is 9.80 Å². The molecule has 0 unspecified atom stereocenters. The molecule has 9 aromatic carbocycles. The molecule has 8 nitrogen and oxygen atoms in total. The van der Waals surface area contributed by atoms with E-state index in [0.29, 0.717) is 35.2 Å². The number of benzene rings is 9. The first kappa shape index (κ1) is 47.0. The Bertz CT molecular complexity index is 3610. The zero-order valence-electron chi connectivity index (χ0n) is 42.4. The molecule has 74 heavy (non-hydrogen) atoms. The van der Waals surface area contributed by atoms with E-state index in [9.17, 15) is 0 Å². The van der Waals surface area contributed by atoms with Gasteiger partial charge in [-0.2, -0.15) is 19.9 Å². The van der Waals surface area contributed by atoms with Crippen molar-refractivity contribution in [3.63, 3.8) is 0 Å². The standard InChI is InChI=1S/C66H54N8/c1-43-38-45(3)59(46(4)39-43)73(60-47(5)40-44(2)41-48(60)6)57-34-36-58(37-35-57)74(65-69-61(51-22-13-8-14-23-51)67-62(70-65)52-24-15-9-16-25-52)66-71-63(53-26-17-10-18-27-53)68-64(72-66)54-32-30-50(31-33-54)56-29-19-28-55(42-56)49-20-11-7-12-21-49/h7-42H,1-6H3. The van der Waals surface area contributed by atoms with Crippen molar-refractivity contribution in [1.82, 2.24) is 29.9 Å². The highest BCUT2D eigenvalue weighted by atomic mass is 15.4. The molecule has 0 saturated heterocycles. The maximum atomic E-state index is 5.35. The largest absolute Gasteiger partial charge is 0.309 e. The molecule has 358 valence electrons. The second kappa shape index (κ2) is 20.4. The molecule has 0 radical (unpaired) electrons. The van der Waals surface area contributed by atoms with Gasteiger partial charge in [-0.1, -0.05) is 199 Å². The lowest BCUT2D eigenvalue weighted by molar-refractivity contribution is 0.964. The second-order valence-electron chi connectivity index (χ2n) is 18.9. The van der Waals surface area contributed by atoms with E-state index in [1.165, 1.54) is 38.9 Å². The van der Waals surface area contributed by atoms with Gasteiger partial charge >= 0.3 is 0 Å². The van der Waals surface area contributed by atoms with Gasteiger partial charge in [-0.15, -0.1) is 0 Å². The van der Waals surface area contributed by atoms with Gasteiger partial charge in [0.2, 0.25) is 11.9 Å². The van der Waals surface area contributed by atoms with E-state index >= 15 is 0 Å². The lowest BCUT2D eigenvalue weighted by atomic mass is 9.98. The molecule has 0 aliphatic carbocycles. The van der Waals surface area contributed by atoms with Crippen LogP contribution in [0.25, 0.3) is 67.8 Å². The van der Waals surface area contributed by atoms with Crippen LogP contribution in [0.15, 0.2) is 218 Å². The van der Waals surface area contributed by atoms with E-state index in [4.69, 9.17) is 29.9 Å². The normalized spacial score (nSPS) is 11.1. The Hall–Kier alpha value is -9.40. The molecule has 11 aromatic rings. The van der Waals surface area contributed by atoms with E-state index in [1.54, 1.807) is 0 Å². The summed E-state index contributed by atoms with van der Waals surface area (Å²) in [5.74, 6) is 2.74. The summed E-state index contributed by atoms with van der Waals surface area (Å²) in [5.41, 5.74) is 19.2. The Morgan fingerprint density at radius 3 is 0.892 bits per heavy atom. The maximum Gasteiger partial charge on any atom is 0.241 e. The lowest BCUT2D eigenvalue weighted by Gasteiger charge is -2.32. The Morgan fingerprint density at radius 2 is 0.527 bits per heavy atom. The molecule has 11 rings (SSSR count). The van der Waals surface area contributed by atoms with E-state index in [1.807, 2.05) is 102 Å². The predicted octanol–water partition coefficient (Wildman–Crippen LogP) is 16.8. The van der Waals surface area contributed by atoms with Crippen LogP contribution in [0.1, 0.15) is 33.4 Å². The van der Waals surface area contributed by atoms with E-state index in [0.717, 1.165) is 61.7 Å². The van der Waals surface area contributed by atoms with Crippen molar-refractivity contribution in [3.8, 4) is 67.8 Å². The van der Waals surface area contributed by atoms with Gasteiger partial charge < -0.3 is 4.90 Å². The highest BCUT2D eigenvalue weighted by molar-refractivity contribution is 5.85. The van der Waals surface area contributed by atoms with Crippen LogP contribution in [-0.4, -0.2) is 29.9 Å². The molecular weight excluding hydrogens is 905 g/mol. The average Bonchev–Trinajstić information content (AvgIpc) is 3.43. The fraction of sp³-hybridized carbons (Fsp3) is 0.0909. The number of hydrogen-bond acceptors (Lipinski definition) is 8. The van der Waals surface area contributed by atoms with E-state index in [2.05, 4.69) is 168 Å². The summed E-state index contributed by atoms with van der Waals surface area (Å²) in [4.78, 5) is 35.8. The molecule has 2 aromatic heterocycles. The highest BCUT2D eigenvalue weighted by Gasteiger charge is 2.26. The number of rotatable bonds is 12. The van der Waals surface area contributed by atoms with Gasteiger partial charge in [0.05, 0.1) is 17.1 Å². The quantitative estimate of drug-likeness (QED) is 0.120. The Balaban J connectivity index is 1.11. The third-order valence-corrected chi connectivity index (χ3v) is 13.3. The number of hydrogen-bond donors (Lipinski definition) is 0. The van der Waals surface area contributed by atoms with Crippen molar-refractivity contribution < 1.29 is 0 Å². The third-order valence-electron chi connectivity index (χ3n) is 13.3. The minimum absolute atomic E-state index is 0.345. The number of aromatic nitrogens is 6. The van der Waals surface area contributed by atoms with Crippen LogP contribution in [0.3, 0.4) is 0 Å². The smallest absolute Gasteiger partial charge is 0.241 e. The molecule has 8 heteroatoms. The summed E-state index contributed by atoms with van der Waals surface area (Å²) < 4.78 is 0. The van der Waals surface area contributed by atoms with Crippen molar-refractivity contribution in [2.75, 3.05) is 9.80 Å². The molecular formula is C66H54N8. The predicted molar refractivity (Wildman–Crippen MR) is 304 cm³/mol. The molecule has 0 fully saturated rings. The van der Waals surface area contributed by atoms with Gasteiger partial charge in [0.25, 0.3) is 0 Å². The summed E-state index contributed by atoms with van der Waals surface area (Å²) in [6.45, 7) is 13.1. The van der Waals surface area contributed by atoms with Crippen molar-refractivity contribution >= 4 is 34.6 Å². The number of anilines is 6. The minimum atomic E-state index is 0.345. The summed E-state index contributed by atoms with van der Waals surface area (Å²) >= 11 is 0. The number of aryl methyl sites for hydroxylation is 6. The van der Waals surface area contributed by atoms with Crippen LogP contribution in [0, 0.1) is 41.5 Å². The third kappa shape index (κ3) is 9.69. The van der Waals surface area contributed by atoms with E-state index < -0.39 is 0 Å². The van der Waals surface area contributed by atoms with Crippen LogP contribution in [0.2, 0.25) is 0 Å². The van der Waals surface area contributed by atoms with Crippen LogP contribution >= 0.6 is 0 Å². The topological polar surface area (TPSA) is 83.8 Å². The molecule has 0 amide bonds. The molecule has 0 bridgehead atoms. The molecule has 0 N–H and O–H groups in total. The van der Waals surface area contributed by atoms with Crippen molar-refractivity contribution in [1.29, 1.82) is 0 Å². The summed E-state index contributed by atoms with van der Waals surface area (Å²) in [6, 6.07) is 75.2. The van der Waals surface area contributed by atoms with Crippen molar-refractivity contribution in [2.45, 2.75) is 41.5 Å². The molecule has 2 heterocycles. The molecule has 0 aliphatic rings. The van der Waals surface area contributed by atoms with Crippen molar-refractivity contribution in [3.05, 3.63) is 252 Å². The molecule has 0 saturated carbocycles. The first-order valence-corrected chi connectivity index (χ1v) is 24.9. The summed E-state index contributed by atoms with van der Waals surface area (Å²) in [7, 11) is 0. The monoisotopic (exact) mass is 958 g/mol. The first-order chi connectivity index (χ1) is 36.1. The van der Waals surface area contributed by atoms with Gasteiger partial charge in [0.1, 0.15) is 0 Å². The Labute approximate surface area is 433 Å². The molecule has 0 atom stereocenters. The number of nitrogens with zero attached hydrogens (tertiary/aromatic N) is 8. The second-order valence-corrected chi connectivity index (χ2v) is 18.9. The fourth-order valence-electron chi connectivity index (χ4n) is 10.0. The average molecular weight is 959 g/mol. The fourth-order valence-corrected chi connectivity index (χ4v) is 10.0. The Kier molecular flexibility index (Phi) is 12.9. The zero-order chi connectivity index (χ0) is 50.7. The lowest BCUT2D eigenvalue weighted by Crippen LogP contribution is -2.19. The van der Waals surface area contributed by atoms with Gasteiger partial charge in [0.15, 0.2) is 23.3 Å². The van der Waals surface area contributed by atoms with E-state index in [-0.39, 0.29) is 0 Å². The van der Waals surface area contributed by atoms with Gasteiger partial charge in [0, 0.05) is 27.9 Å². The SMILES string of the molecule is Cc1cc(C)c(N(c2ccc(N(c3nc(-c4ccccc4)nc(-c4ccccc4)n3)c3nc(-c4ccccc4)nc(-c4ccc(-c5cccc(-c6ccccc6)c5)cc4)n3)cc2)c2c(C)cc(C)cc2C)c(C)c1.